The van der Waals surface area contributed by atoms with E-state index in [4.69, 9.17) is 0 Å². The van der Waals surface area contributed by atoms with Gasteiger partial charge in [0.15, 0.2) is 0 Å². The van der Waals surface area contributed by atoms with Crippen LogP contribution in [0.4, 0.5) is 5.69 Å². The molecule has 34 heavy (non-hydrogen) atoms. The van der Waals surface area contributed by atoms with Gasteiger partial charge >= 0.3 is 0 Å². The summed E-state index contributed by atoms with van der Waals surface area (Å²) < 4.78 is 0. The van der Waals surface area contributed by atoms with Crippen LogP contribution in [-0.4, -0.2) is 37.6 Å². The zero-order valence-corrected chi connectivity index (χ0v) is 21.0. The maximum atomic E-state index is 4.64. The average molecular weight is 467 g/mol. The number of nitrogens with zero attached hydrogens (tertiary/aromatic N) is 2. The summed E-state index contributed by atoms with van der Waals surface area (Å²) in [4.78, 5) is 6.23. The van der Waals surface area contributed by atoms with Crippen LogP contribution in [0.1, 0.15) is 48.4 Å². The van der Waals surface area contributed by atoms with E-state index < -0.39 is 0 Å². The Morgan fingerprint density at radius 3 is 2.41 bits per heavy atom. The molecule has 0 bridgehead atoms. The lowest BCUT2D eigenvalue weighted by atomic mass is 9.79. The summed E-state index contributed by atoms with van der Waals surface area (Å²) >= 11 is 4.64. The second kappa shape index (κ2) is 8.94. The molecule has 3 aliphatic rings. The fraction of sp³-hybridized carbons (Fsp3) is 0.355. The molecule has 0 atom stereocenters. The number of anilines is 1. The van der Waals surface area contributed by atoms with E-state index in [1.54, 1.807) is 0 Å². The minimum absolute atomic E-state index is 0.530. The SMILES string of the molecule is CCN1CC2(CCN(c3ccc(C4=C(c5ccccc5)CCCc5cc(S)ccc54)cc3)C2)C1. The Bertz CT molecular complexity index is 1210. The Kier molecular flexibility index (Phi) is 5.79. The summed E-state index contributed by atoms with van der Waals surface area (Å²) in [6.45, 7) is 8.40. The van der Waals surface area contributed by atoms with Gasteiger partial charge in [0.1, 0.15) is 0 Å². The summed E-state index contributed by atoms with van der Waals surface area (Å²) in [6.07, 6.45) is 4.70. The smallest absolute Gasteiger partial charge is 0.0366 e. The minimum Gasteiger partial charge on any atom is -0.371 e. The van der Waals surface area contributed by atoms with Crippen molar-refractivity contribution in [3.05, 3.63) is 95.1 Å². The number of thiol groups is 1. The van der Waals surface area contributed by atoms with Crippen molar-refractivity contribution < 1.29 is 0 Å². The van der Waals surface area contributed by atoms with Gasteiger partial charge in [-0.3, -0.25) is 0 Å². The van der Waals surface area contributed by atoms with Crippen molar-refractivity contribution in [3.63, 3.8) is 0 Å². The standard InChI is InChI=1S/C31H34N2S/c1-2-32-20-31(21-32)17-18-33(22-31)26-13-11-24(12-14-26)30-28(23-7-4-3-5-8-23)10-6-9-25-19-27(34)15-16-29(25)30/h3-5,7-8,11-16,19,34H,2,6,9-10,17-18,20-22H2,1H3. The highest BCUT2D eigenvalue weighted by Crippen LogP contribution is 2.43. The van der Waals surface area contributed by atoms with Crippen LogP contribution in [0.15, 0.2) is 77.7 Å². The van der Waals surface area contributed by atoms with Gasteiger partial charge in [-0.1, -0.05) is 55.5 Å². The van der Waals surface area contributed by atoms with Crippen molar-refractivity contribution in [1.82, 2.24) is 4.90 Å². The second-order valence-electron chi connectivity index (χ2n) is 10.4. The fourth-order valence-corrected chi connectivity index (χ4v) is 6.64. The molecule has 3 aromatic rings. The first-order valence-electron chi connectivity index (χ1n) is 12.8. The zero-order chi connectivity index (χ0) is 23.1. The topological polar surface area (TPSA) is 6.48 Å². The summed E-state index contributed by atoms with van der Waals surface area (Å²) in [5, 5.41) is 0. The molecular formula is C31H34N2S. The van der Waals surface area contributed by atoms with Gasteiger partial charge in [0.05, 0.1) is 0 Å². The molecule has 2 fully saturated rings. The minimum atomic E-state index is 0.530. The molecule has 0 aromatic heterocycles. The van der Waals surface area contributed by atoms with Gasteiger partial charge in [-0.15, -0.1) is 12.6 Å². The van der Waals surface area contributed by atoms with Gasteiger partial charge in [0.2, 0.25) is 0 Å². The Hall–Kier alpha value is -2.49. The molecule has 2 aliphatic heterocycles. The number of hydrogen-bond donors (Lipinski definition) is 1. The molecule has 2 heterocycles. The number of hydrogen-bond acceptors (Lipinski definition) is 3. The molecule has 174 valence electrons. The molecule has 0 saturated carbocycles. The fourth-order valence-electron chi connectivity index (χ4n) is 6.41. The Balaban J connectivity index is 1.36. The van der Waals surface area contributed by atoms with Gasteiger partial charge in [-0.05, 0) is 89.9 Å². The molecule has 2 nitrogen and oxygen atoms in total. The van der Waals surface area contributed by atoms with Crippen LogP contribution < -0.4 is 4.90 Å². The monoisotopic (exact) mass is 466 g/mol. The number of allylic oxidation sites excluding steroid dienone is 1. The van der Waals surface area contributed by atoms with Gasteiger partial charge in [0, 0.05) is 42.2 Å². The maximum Gasteiger partial charge on any atom is 0.0366 e. The zero-order valence-electron chi connectivity index (χ0n) is 20.1. The predicted octanol–water partition coefficient (Wildman–Crippen LogP) is 6.80. The highest BCUT2D eigenvalue weighted by atomic mass is 32.1. The second-order valence-corrected chi connectivity index (χ2v) is 11.0. The Labute approximate surface area is 209 Å². The van der Waals surface area contributed by atoms with Crippen molar-refractivity contribution in [3.8, 4) is 0 Å². The van der Waals surface area contributed by atoms with Crippen LogP contribution in [0.2, 0.25) is 0 Å². The van der Waals surface area contributed by atoms with Gasteiger partial charge in [-0.25, -0.2) is 0 Å². The first-order chi connectivity index (χ1) is 16.6. The molecule has 3 aromatic carbocycles. The van der Waals surface area contributed by atoms with E-state index in [2.05, 4.69) is 102 Å². The van der Waals surface area contributed by atoms with Crippen molar-refractivity contribution in [2.75, 3.05) is 37.6 Å². The number of fused-ring (bicyclic) bond motifs is 1. The molecule has 1 spiro atoms. The van der Waals surface area contributed by atoms with Crippen LogP contribution in [0.3, 0.4) is 0 Å². The van der Waals surface area contributed by atoms with Crippen LogP contribution >= 0.6 is 12.6 Å². The first-order valence-corrected chi connectivity index (χ1v) is 13.3. The normalized spacial score (nSPS) is 19.8. The average Bonchev–Trinajstić information content (AvgIpc) is 3.21. The van der Waals surface area contributed by atoms with E-state index in [0.29, 0.717) is 5.41 Å². The predicted molar refractivity (Wildman–Crippen MR) is 147 cm³/mol. The lowest BCUT2D eigenvalue weighted by molar-refractivity contribution is 0.0232. The number of likely N-dealkylation sites (tertiary alicyclic amines) is 1. The van der Waals surface area contributed by atoms with E-state index in [9.17, 15) is 0 Å². The Morgan fingerprint density at radius 2 is 1.65 bits per heavy atom. The molecule has 2 saturated heterocycles. The van der Waals surface area contributed by atoms with Crippen LogP contribution in [0.5, 0.6) is 0 Å². The lowest BCUT2D eigenvalue weighted by Gasteiger charge is -2.47. The molecule has 3 heteroatoms. The quantitative estimate of drug-likeness (QED) is 0.422. The third-order valence-corrected chi connectivity index (χ3v) is 8.46. The van der Waals surface area contributed by atoms with Crippen molar-refractivity contribution in [2.45, 2.75) is 37.5 Å². The molecule has 0 amide bonds. The number of benzene rings is 3. The van der Waals surface area contributed by atoms with Crippen molar-refractivity contribution in [2.24, 2.45) is 5.41 Å². The third kappa shape index (κ3) is 3.99. The van der Waals surface area contributed by atoms with E-state index in [0.717, 1.165) is 17.7 Å². The van der Waals surface area contributed by atoms with E-state index in [-0.39, 0.29) is 0 Å². The number of rotatable bonds is 4. The highest BCUT2D eigenvalue weighted by molar-refractivity contribution is 7.80. The van der Waals surface area contributed by atoms with Gasteiger partial charge < -0.3 is 9.80 Å². The summed E-state index contributed by atoms with van der Waals surface area (Å²) in [5.41, 5.74) is 10.2. The lowest BCUT2D eigenvalue weighted by Crippen LogP contribution is -2.57. The summed E-state index contributed by atoms with van der Waals surface area (Å²) in [6, 6.07) is 27.1. The number of aryl methyl sites for hydroxylation is 1. The van der Waals surface area contributed by atoms with Crippen molar-refractivity contribution in [1.29, 1.82) is 0 Å². The van der Waals surface area contributed by atoms with Crippen molar-refractivity contribution >= 4 is 29.5 Å². The van der Waals surface area contributed by atoms with Crippen LogP contribution in [0, 0.1) is 5.41 Å². The maximum absolute atomic E-state index is 4.64. The van der Waals surface area contributed by atoms with E-state index in [1.807, 2.05) is 0 Å². The molecule has 0 unspecified atom stereocenters. The summed E-state index contributed by atoms with van der Waals surface area (Å²) in [7, 11) is 0. The highest BCUT2D eigenvalue weighted by Gasteiger charge is 2.46. The molecule has 1 aliphatic carbocycles. The van der Waals surface area contributed by atoms with E-state index in [1.165, 1.54) is 84.7 Å². The Morgan fingerprint density at radius 1 is 0.853 bits per heavy atom. The van der Waals surface area contributed by atoms with Gasteiger partial charge in [-0.2, -0.15) is 0 Å². The molecule has 6 rings (SSSR count). The summed E-state index contributed by atoms with van der Waals surface area (Å²) in [5.74, 6) is 0. The van der Waals surface area contributed by atoms with E-state index >= 15 is 0 Å². The molecule has 0 N–H and O–H groups in total. The van der Waals surface area contributed by atoms with Crippen LogP contribution in [0.25, 0.3) is 11.1 Å². The third-order valence-electron chi connectivity index (χ3n) is 8.18. The van der Waals surface area contributed by atoms with Crippen LogP contribution in [-0.2, 0) is 6.42 Å². The largest absolute Gasteiger partial charge is 0.371 e. The molecular weight excluding hydrogens is 432 g/mol. The first kappa shape index (κ1) is 22.0. The van der Waals surface area contributed by atoms with Gasteiger partial charge in [0.25, 0.3) is 0 Å². The molecule has 0 radical (unpaired) electrons.